The normalized spacial score (nSPS) is 12.7. The summed E-state index contributed by atoms with van der Waals surface area (Å²) in [5, 5.41) is 12.8. The lowest BCUT2D eigenvalue weighted by Gasteiger charge is -2.11. The van der Waals surface area contributed by atoms with Gasteiger partial charge in [0.2, 0.25) is 0 Å². The van der Waals surface area contributed by atoms with Crippen LogP contribution in [0.3, 0.4) is 0 Å². The van der Waals surface area contributed by atoms with Gasteiger partial charge in [-0.15, -0.1) is 11.3 Å². The van der Waals surface area contributed by atoms with Gasteiger partial charge in [-0.1, -0.05) is 17.7 Å². The zero-order valence-electron chi connectivity index (χ0n) is 8.66. The highest BCUT2D eigenvalue weighted by Gasteiger charge is 2.12. The molecular weight excluding hydrogens is 387 g/mol. The van der Waals surface area contributed by atoms with Crippen LogP contribution in [0.4, 0.5) is 0 Å². The molecule has 0 aliphatic rings. The summed E-state index contributed by atoms with van der Waals surface area (Å²) in [5.41, 5.74) is 0.832. The highest BCUT2D eigenvalue weighted by Crippen LogP contribution is 2.31. The molecule has 5 heteroatoms. The smallest absolute Gasteiger partial charge is 0.0839 e. The fourth-order valence-electron chi connectivity index (χ4n) is 1.48. The maximum absolute atomic E-state index is 10.1. The number of aliphatic hydroxyl groups is 1. The maximum atomic E-state index is 10.1. The van der Waals surface area contributed by atoms with Crippen molar-refractivity contribution in [3.05, 3.63) is 54.1 Å². The van der Waals surface area contributed by atoms with Crippen LogP contribution < -0.4 is 0 Å². The van der Waals surface area contributed by atoms with Gasteiger partial charge in [0.05, 0.1) is 11.1 Å². The lowest BCUT2D eigenvalue weighted by molar-refractivity contribution is 0.179. The number of halogens is 3. The van der Waals surface area contributed by atoms with E-state index in [-0.39, 0.29) is 0 Å². The quantitative estimate of drug-likeness (QED) is 0.756. The molecule has 0 saturated carbocycles. The van der Waals surface area contributed by atoms with E-state index in [0.29, 0.717) is 11.4 Å². The molecule has 0 aliphatic heterocycles. The molecule has 2 rings (SSSR count). The fourth-order valence-corrected chi connectivity index (χ4v) is 3.47. The largest absolute Gasteiger partial charge is 0.388 e. The molecule has 1 unspecified atom stereocenters. The topological polar surface area (TPSA) is 20.2 Å². The van der Waals surface area contributed by atoms with Crippen molar-refractivity contribution in [2.24, 2.45) is 0 Å². The van der Waals surface area contributed by atoms with Crippen LogP contribution in [-0.2, 0) is 6.42 Å². The Balaban J connectivity index is 2.17. The lowest BCUT2D eigenvalue weighted by atomic mass is 10.1. The van der Waals surface area contributed by atoms with Crippen molar-refractivity contribution in [3.63, 3.8) is 0 Å². The van der Waals surface area contributed by atoms with Crippen LogP contribution in [0, 0.1) is 0 Å². The van der Waals surface area contributed by atoms with Gasteiger partial charge < -0.3 is 5.11 Å². The Morgan fingerprint density at radius 2 is 2.00 bits per heavy atom. The van der Waals surface area contributed by atoms with E-state index in [9.17, 15) is 5.11 Å². The summed E-state index contributed by atoms with van der Waals surface area (Å²) in [5.74, 6) is 0. The third kappa shape index (κ3) is 3.32. The Hall–Kier alpha value is 0.130. The molecule has 90 valence electrons. The second-order valence-electron chi connectivity index (χ2n) is 3.59. The summed E-state index contributed by atoms with van der Waals surface area (Å²) in [6, 6.07) is 7.51. The number of hydrogen-bond acceptors (Lipinski definition) is 2. The molecule has 0 amide bonds. The maximum Gasteiger partial charge on any atom is 0.0839 e. The Labute approximate surface area is 126 Å². The van der Waals surface area contributed by atoms with E-state index in [1.54, 1.807) is 17.4 Å². The number of thiophene rings is 1. The molecule has 2 aromatic rings. The minimum absolute atomic E-state index is 0.532. The van der Waals surface area contributed by atoms with Gasteiger partial charge in [0, 0.05) is 20.2 Å². The predicted octanol–water partition coefficient (Wildman–Crippen LogP) is 5.20. The predicted molar refractivity (Wildman–Crippen MR) is 79.8 cm³/mol. The van der Waals surface area contributed by atoms with Gasteiger partial charge in [-0.25, -0.2) is 0 Å². The highest BCUT2D eigenvalue weighted by molar-refractivity contribution is 9.10. The number of aliphatic hydroxyl groups excluding tert-OH is 1. The van der Waals surface area contributed by atoms with Crippen LogP contribution in [0.25, 0.3) is 0 Å². The van der Waals surface area contributed by atoms with E-state index < -0.39 is 6.10 Å². The van der Waals surface area contributed by atoms with Crippen molar-refractivity contribution >= 4 is 54.8 Å². The number of benzene rings is 1. The standard InChI is InChI=1S/C12H9Br2ClOS/c13-8-2-1-7(5-10(8)15)11(16)6-12-9(14)3-4-17-12/h1-5,11,16H,6H2. The average Bonchev–Trinajstić information content (AvgIpc) is 2.68. The minimum atomic E-state index is -0.532. The summed E-state index contributed by atoms with van der Waals surface area (Å²) in [6.07, 6.45) is 0.0616. The molecule has 1 atom stereocenters. The van der Waals surface area contributed by atoms with Crippen molar-refractivity contribution in [2.75, 3.05) is 0 Å². The molecule has 0 radical (unpaired) electrons. The van der Waals surface area contributed by atoms with E-state index in [0.717, 1.165) is 19.4 Å². The minimum Gasteiger partial charge on any atom is -0.388 e. The van der Waals surface area contributed by atoms with Gasteiger partial charge in [0.1, 0.15) is 0 Å². The van der Waals surface area contributed by atoms with E-state index in [1.165, 1.54) is 0 Å². The first-order valence-electron chi connectivity index (χ1n) is 4.93. The lowest BCUT2D eigenvalue weighted by Crippen LogP contribution is -2.00. The monoisotopic (exact) mass is 394 g/mol. The molecule has 0 aliphatic carbocycles. The van der Waals surface area contributed by atoms with Crippen LogP contribution in [0.2, 0.25) is 5.02 Å². The van der Waals surface area contributed by atoms with Gasteiger partial charge >= 0.3 is 0 Å². The molecule has 0 saturated heterocycles. The summed E-state index contributed by atoms with van der Waals surface area (Å²) >= 11 is 14.4. The van der Waals surface area contributed by atoms with Crippen molar-refractivity contribution in [1.82, 2.24) is 0 Å². The van der Waals surface area contributed by atoms with Crippen LogP contribution in [0.5, 0.6) is 0 Å². The first-order chi connectivity index (χ1) is 8.08. The van der Waals surface area contributed by atoms with E-state index in [2.05, 4.69) is 31.9 Å². The summed E-state index contributed by atoms with van der Waals surface area (Å²) < 4.78 is 1.89. The SMILES string of the molecule is OC(Cc1sccc1Br)c1ccc(Br)c(Cl)c1. The van der Waals surface area contributed by atoms with Gasteiger partial charge in [0.25, 0.3) is 0 Å². The number of rotatable bonds is 3. The molecule has 1 nitrogen and oxygen atoms in total. The van der Waals surface area contributed by atoms with Gasteiger partial charge in [-0.05, 0) is 61.0 Å². The van der Waals surface area contributed by atoms with Gasteiger partial charge in [0.15, 0.2) is 0 Å². The van der Waals surface area contributed by atoms with Gasteiger partial charge in [-0.3, -0.25) is 0 Å². The summed E-state index contributed by atoms with van der Waals surface area (Å²) in [6.45, 7) is 0. The van der Waals surface area contributed by atoms with Crippen molar-refractivity contribution in [2.45, 2.75) is 12.5 Å². The van der Waals surface area contributed by atoms with Crippen LogP contribution in [-0.4, -0.2) is 5.11 Å². The molecular formula is C12H9Br2ClOS. The zero-order chi connectivity index (χ0) is 12.4. The number of hydrogen-bond donors (Lipinski definition) is 1. The second kappa shape index (κ2) is 5.85. The first kappa shape index (κ1) is 13.6. The molecule has 0 bridgehead atoms. The van der Waals surface area contributed by atoms with Crippen molar-refractivity contribution < 1.29 is 5.11 Å². The average molecular weight is 397 g/mol. The molecule has 17 heavy (non-hydrogen) atoms. The second-order valence-corrected chi connectivity index (χ2v) is 6.70. The van der Waals surface area contributed by atoms with Crippen molar-refractivity contribution in [1.29, 1.82) is 0 Å². The molecule has 1 N–H and O–H groups in total. The third-order valence-corrected chi connectivity index (χ3v) is 5.58. The highest BCUT2D eigenvalue weighted by atomic mass is 79.9. The Kier molecular flexibility index (Phi) is 4.66. The Morgan fingerprint density at radius 1 is 1.24 bits per heavy atom. The molecule has 1 aromatic carbocycles. The van der Waals surface area contributed by atoms with Gasteiger partial charge in [-0.2, -0.15) is 0 Å². The summed E-state index contributed by atoms with van der Waals surface area (Å²) in [7, 11) is 0. The van der Waals surface area contributed by atoms with Crippen LogP contribution in [0.1, 0.15) is 16.5 Å². The molecule has 0 spiro atoms. The molecule has 1 heterocycles. The van der Waals surface area contributed by atoms with E-state index >= 15 is 0 Å². The van der Waals surface area contributed by atoms with E-state index in [4.69, 9.17) is 11.6 Å². The molecule has 0 fully saturated rings. The third-order valence-electron chi connectivity index (χ3n) is 2.40. The van der Waals surface area contributed by atoms with Crippen LogP contribution in [0.15, 0.2) is 38.6 Å². The fraction of sp³-hybridized carbons (Fsp3) is 0.167. The van der Waals surface area contributed by atoms with Crippen LogP contribution >= 0.6 is 54.8 Å². The Morgan fingerprint density at radius 3 is 2.59 bits per heavy atom. The Bertz CT molecular complexity index is 527. The van der Waals surface area contributed by atoms with Crippen molar-refractivity contribution in [3.8, 4) is 0 Å². The van der Waals surface area contributed by atoms with E-state index in [1.807, 2.05) is 23.6 Å². The zero-order valence-corrected chi connectivity index (χ0v) is 13.4. The first-order valence-corrected chi connectivity index (χ1v) is 7.77. The summed E-state index contributed by atoms with van der Waals surface area (Å²) in [4.78, 5) is 1.14. The molecule has 1 aromatic heterocycles.